The predicted octanol–water partition coefficient (Wildman–Crippen LogP) is 4.02. The summed E-state index contributed by atoms with van der Waals surface area (Å²) in [5, 5.41) is 3.87. The lowest BCUT2D eigenvalue weighted by Gasteiger charge is -2.34. The van der Waals surface area contributed by atoms with Gasteiger partial charge >= 0.3 is 0 Å². The van der Waals surface area contributed by atoms with Gasteiger partial charge in [-0.2, -0.15) is 0 Å². The zero-order chi connectivity index (χ0) is 14.2. The van der Waals surface area contributed by atoms with Crippen LogP contribution < -0.4 is 5.32 Å². The van der Waals surface area contributed by atoms with Crippen LogP contribution in [0, 0.1) is 0 Å². The molecule has 1 aromatic rings. The van der Waals surface area contributed by atoms with E-state index >= 15 is 0 Å². The maximum absolute atomic E-state index is 3.87. The first-order valence-electron chi connectivity index (χ1n) is 8.16. The van der Waals surface area contributed by atoms with E-state index in [1.165, 1.54) is 50.0 Å². The Morgan fingerprint density at radius 3 is 2.65 bits per heavy atom. The Morgan fingerprint density at radius 1 is 1.05 bits per heavy atom. The number of piperidine rings is 1. The van der Waals surface area contributed by atoms with Crippen molar-refractivity contribution in [2.24, 2.45) is 0 Å². The lowest BCUT2D eigenvalue weighted by Crippen LogP contribution is -2.42. The van der Waals surface area contributed by atoms with Crippen LogP contribution in [0.2, 0.25) is 0 Å². The van der Waals surface area contributed by atoms with E-state index in [1.54, 1.807) is 0 Å². The number of nitrogens with zero attached hydrogens (tertiary/aromatic N) is 1. The molecule has 2 saturated heterocycles. The number of para-hydroxylation sites is 1. The lowest BCUT2D eigenvalue weighted by molar-refractivity contribution is 0.192. The quantitative estimate of drug-likeness (QED) is 0.874. The highest BCUT2D eigenvalue weighted by Gasteiger charge is 2.35. The summed E-state index contributed by atoms with van der Waals surface area (Å²) in [6, 6.07) is 10.2. The zero-order valence-corrected chi connectivity index (χ0v) is 13.2. The Morgan fingerprint density at radius 2 is 1.85 bits per heavy atom. The van der Waals surface area contributed by atoms with Crippen molar-refractivity contribution in [1.29, 1.82) is 0 Å². The van der Waals surface area contributed by atoms with Crippen molar-refractivity contribution in [2.75, 3.05) is 18.4 Å². The van der Waals surface area contributed by atoms with E-state index in [-0.39, 0.29) is 5.41 Å². The van der Waals surface area contributed by atoms with Crippen molar-refractivity contribution in [2.45, 2.75) is 64.0 Å². The first kappa shape index (κ1) is 13.9. The number of hydrogen-bond acceptors (Lipinski definition) is 2. The summed E-state index contributed by atoms with van der Waals surface area (Å²) < 4.78 is 0. The highest BCUT2D eigenvalue weighted by Crippen LogP contribution is 2.33. The smallest absolute Gasteiger partial charge is 0.0429 e. The van der Waals surface area contributed by atoms with Gasteiger partial charge in [0.15, 0.2) is 0 Å². The second-order valence-electron chi connectivity index (χ2n) is 7.43. The van der Waals surface area contributed by atoms with Crippen molar-refractivity contribution < 1.29 is 0 Å². The highest BCUT2D eigenvalue weighted by molar-refractivity contribution is 5.55. The molecule has 110 valence electrons. The van der Waals surface area contributed by atoms with Gasteiger partial charge in [0.25, 0.3) is 0 Å². The van der Waals surface area contributed by atoms with Crippen LogP contribution in [0.4, 0.5) is 5.69 Å². The summed E-state index contributed by atoms with van der Waals surface area (Å²) in [6.07, 6.45) is 5.46. The average Bonchev–Trinajstić information content (AvgIpc) is 2.82. The Bertz CT molecular complexity index is 461. The molecule has 2 aliphatic rings. The Kier molecular flexibility index (Phi) is 3.76. The monoisotopic (exact) mass is 272 g/mol. The number of anilines is 1. The Hall–Kier alpha value is -1.02. The van der Waals surface area contributed by atoms with Crippen LogP contribution in [0.3, 0.4) is 0 Å². The van der Waals surface area contributed by atoms with Gasteiger partial charge in [-0.05, 0) is 42.9 Å². The van der Waals surface area contributed by atoms with E-state index in [9.17, 15) is 0 Å². The molecule has 0 bridgehead atoms. The molecule has 1 N–H and O–H groups in total. The third-order valence-corrected chi connectivity index (χ3v) is 4.93. The second kappa shape index (κ2) is 5.40. The zero-order valence-electron chi connectivity index (χ0n) is 13.2. The van der Waals surface area contributed by atoms with Gasteiger partial charge in [-0.15, -0.1) is 0 Å². The van der Waals surface area contributed by atoms with Crippen LogP contribution in [-0.4, -0.2) is 30.1 Å². The largest absolute Gasteiger partial charge is 0.380 e. The number of hydrogen-bond donors (Lipinski definition) is 1. The molecule has 0 saturated carbocycles. The molecule has 2 aliphatic heterocycles. The highest BCUT2D eigenvalue weighted by atomic mass is 15.2. The standard InChI is InChI=1S/C18H28N2/c1-18(2,3)14-8-4-5-9-15(14)19-16-11-13-20-12-7-6-10-17(16)20/h4-5,8-9,16-17,19H,6-7,10-13H2,1-3H3. The predicted molar refractivity (Wildman–Crippen MR) is 86.4 cm³/mol. The summed E-state index contributed by atoms with van der Waals surface area (Å²) in [4.78, 5) is 2.70. The van der Waals surface area contributed by atoms with Crippen LogP contribution >= 0.6 is 0 Å². The van der Waals surface area contributed by atoms with Crippen LogP contribution in [0.1, 0.15) is 52.0 Å². The molecule has 2 fully saturated rings. The van der Waals surface area contributed by atoms with Gasteiger partial charge in [-0.25, -0.2) is 0 Å². The van der Waals surface area contributed by atoms with E-state index in [1.807, 2.05) is 0 Å². The third-order valence-electron chi connectivity index (χ3n) is 4.93. The second-order valence-corrected chi connectivity index (χ2v) is 7.43. The number of fused-ring (bicyclic) bond motifs is 1. The van der Waals surface area contributed by atoms with Gasteiger partial charge < -0.3 is 5.32 Å². The van der Waals surface area contributed by atoms with Crippen LogP contribution in [-0.2, 0) is 5.41 Å². The topological polar surface area (TPSA) is 15.3 Å². The summed E-state index contributed by atoms with van der Waals surface area (Å²) >= 11 is 0. The van der Waals surface area contributed by atoms with Gasteiger partial charge in [-0.3, -0.25) is 4.90 Å². The maximum atomic E-state index is 3.87. The van der Waals surface area contributed by atoms with Gasteiger partial charge in [0.05, 0.1) is 0 Å². The molecule has 0 aromatic heterocycles. The van der Waals surface area contributed by atoms with E-state index in [0.29, 0.717) is 6.04 Å². The first-order valence-corrected chi connectivity index (χ1v) is 8.16. The minimum absolute atomic E-state index is 0.203. The van der Waals surface area contributed by atoms with Crippen LogP contribution in [0.25, 0.3) is 0 Å². The SMILES string of the molecule is CC(C)(C)c1ccccc1NC1CCN2CCCCC12. The Labute approximate surface area is 123 Å². The van der Waals surface area contributed by atoms with Crippen molar-refractivity contribution >= 4 is 5.69 Å². The van der Waals surface area contributed by atoms with Gasteiger partial charge in [0.1, 0.15) is 0 Å². The molecular weight excluding hydrogens is 244 g/mol. The summed E-state index contributed by atoms with van der Waals surface area (Å²) in [5.41, 5.74) is 2.99. The molecule has 2 unspecified atom stereocenters. The molecule has 0 spiro atoms. The molecule has 0 aliphatic carbocycles. The minimum atomic E-state index is 0.203. The number of rotatable bonds is 2. The Balaban J connectivity index is 1.78. The summed E-state index contributed by atoms with van der Waals surface area (Å²) in [7, 11) is 0. The molecule has 3 rings (SSSR count). The maximum Gasteiger partial charge on any atom is 0.0429 e. The molecule has 0 radical (unpaired) electrons. The molecule has 2 nitrogen and oxygen atoms in total. The van der Waals surface area contributed by atoms with E-state index in [0.717, 1.165) is 6.04 Å². The molecule has 20 heavy (non-hydrogen) atoms. The molecule has 2 heteroatoms. The summed E-state index contributed by atoms with van der Waals surface area (Å²) in [5.74, 6) is 0. The van der Waals surface area contributed by atoms with Crippen molar-refractivity contribution in [3.05, 3.63) is 29.8 Å². The molecule has 2 heterocycles. The fourth-order valence-electron chi connectivity index (χ4n) is 3.88. The van der Waals surface area contributed by atoms with Crippen molar-refractivity contribution in [1.82, 2.24) is 4.90 Å². The number of nitrogens with one attached hydrogen (secondary N) is 1. The third kappa shape index (κ3) is 2.71. The normalized spacial score (nSPS) is 27.4. The minimum Gasteiger partial charge on any atom is -0.380 e. The first-order chi connectivity index (χ1) is 9.55. The number of benzene rings is 1. The molecule has 2 atom stereocenters. The van der Waals surface area contributed by atoms with Crippen LogP contribution in [0.15, 0.2) is 24.3 Å². The molecule has 1 aromatic carbocycles. The fourth-order valence-corrected chi connectivity index (χ4v) is 3.88. The van der Waals surface area contributed by atoms with E-state index in [2.05, 4.69) is 55.3 Å². The van der Waals surface area contributed by atoms with Gasteiger partial charge in [-0.1, -0.05) is 45.4 Å². The average molecular weight is 272 g/mol. The van der Waals surface area contributed by atoms with E-state index < -0.39 is 0 Å². The lowest BCUT2D eigenvalue weighted by atomic mass is 9.85. The van der Waals surface area contributed by atoms with Crippen molar-refractivity contribution in [3.63, 3.8) is 0 Å². The van der Waals surface area contributed by atoms with Crippen molar-refractivity contribution in [3.8, 4) is 0 Å². The summed E-state index contributed by atoms with van der Waals surface area (Å²) in [6.45, 7) is 9.49. The van der Waals surface area contributed by atoms with E-state index in [4.69, 9.17) is 0 Å². The molecule has 0 amide bonds. The van der Waals surface area contributed by atoms with Gasteiger partial charge in [0.2, 0.25) is 0 Å². The molecular formula is C18H28N2. The van der Waals surface area contributed by atoms with Crippen LogP contribution in [0.5, 0.6) is 0 Å². The van der Waals surface area contributed by atoms with Gasteiger partial charge in [0, 0.05) is 24.3 Å². The fraction of sp³-hybridized carbons (Fsp3) is 0.667.